The molecule has 0 bridgehead atoms. The fourth-order valence-corrected chi connectivity index (χ4v) is 2.66. The van der Waals surface area contributed by atoms with Gasteiger partial charge in [0.25, 0.3) is 0 Å². The number of likely N-dealkylation sites (N-methyl/N-ethyl adjacent to an activating group) is 1. The molecule has 0 amide bonds. The van der Waals surface area contributed by atoms with E-state index < -0.39 is 11.7 Å². The molecule has 2 heterocycles. The lowest BCUT2D eigenvalue weighted by atomic mass is 10.2. The number of aromatic amines is 1. The topological polar surface area (TPSA) is 59.0 Å². The van der Waals surface area contributed by atoms with Gasteiger partial charge in [-0.15, -0.1) is 0 Å². The standard InChI is InChI=1S/C14H14F3N5/c1-21(10-4-5-22(7-10)8-18)13-19-11-3-2-9(14(15,16)17)6-12(11)20-13/h2-3,6,10H,4-5,7H2,1H3,(H,19,20)/t10-/m1/s1. The van der Waals surface area contributed by atoms with E-state index >= 15 is 0 Å². The third-order valence-corrected chi connectivity index (χ3v) is 3.98. The minimum Gasteiger partial charge on any atom is -0.341 e. The van der Waals surface area contributed by atoms with E-state index in [4.69, 9.17) is 5.26 Å². The van der Waals surface area contributed by atoms with E-state index in [-0.39, 0.29) is 6.04 Å². The number of rotatable bonds is 2. The maximum atomic E-state index is 12.7. The average molecular weight is 309 g/mol. The number of anilines is 1. The minimum atomic E-state index is -4.37. The van der Waals surface area contributed by atoms with Gasteiger partial charge >= 0.3 is 6.18 Å². The molecule has 1 aromatic carbocycles. The largest absolute Gasteiger partial charge is 0.416 e. The van der Waals surface area contributed by atoms with E-state index in [1.54, 1.807) is 4.90 Å². The van der Waals surface area contributed by atoms with Crippen molar-refractivity contribution in [1.29, 1.82) is 5.26 Å². The van der Waals surface area contributed by atoms with Crippen LogP contribution < -0.4 is 4.90 Å². The summed E-state index contributed by atoms with van der Waals surface area (Å²) in [6.45, 7) is 1.28. The van der Waals surface area contributed by atoms with E-state index in [0.717, 1.165) is 18.6 Å². The second-order valence-corrected chi connectivity index (χ2v) is 5.39. The molecule has 5 nitrogen and oxygen atoms in total. The van der Waals surface area contributed by atoms with Gasteiger partial charge < -0.3 is 14.8 Å². The van der Waals surface area contributed by atoms with Crippen LogP contribution in [0.25, 0.3) is 11.0 Å². The van der Waals surface area contributed by atoms with E-state index in [0.29, 0.717) is 30.1 Å². The summed E-state index contributed by atoms with van der Waals surface area (Å²) in [5.74, 6) is 0.513. The number of benzene rings is 1. The number of hydrogen-bond donors (Lipinski definition) is 1. The van der Waals surface area contributed by atoms with Crippen LogP contribution in [-0.2, 0) is 6.18 Å². The fourth-order valence-electron chi connectivity index (χ4n) is 2.66. The van der Waals surface area contributed by atoms with Crippen LogP contribution in [-0.4, -0.2) is 41.0 Å². The van der Waals surface area contributed by atoms with Gasteiger partial charge in [0.15, 0.2) is 6.19 Å². The SMILES string of the molecule is CN(c1nc2ccc(C(F)(F)F)cc2[nH]1)[C@@H]1CCN(C#N)C1. The van der Waals surface area contributed by atoms with Crippen molar-refractivity contribution in [3.05, 3.63) is 23.8 Å². The summed E-state index contributed by atoms with van der Waals surface area (Å²) in [5.41, 5.74) is 0.145. The summed E-state index contributed by atoms with van der Waals surface area (Å²) in [5, 5.41) is 8.88. The highest BCUT2D eigenvalue weighted by atomic mass is 19.4. The Labute approximate surface area is 124 Å². The lowest BCUT2D eigenvalue weighted by Gasteiger charge is -2.23. The van der Waals surface area contributed by atoms with E-state index in [2.05, 4.69) is 16.2 Å². The molecular weight excluding hydrogens is 295 g/mol. The highest BCUT2D eigenvalue weighted by molar-refractivity contribution is 5.78. The predicted molar refractivity (Wildman–Crippen MR) is 75.1 cm³/mol. The Morgan fingerprint density at radius 1 is 1.45 bits per heavy atom. The third kappa shape index (κ3) is 2.54. The molecule has 2 aromatic rings. The molecule has 3 rings (SSSR count). The van der Waals surface area contributed by atoms with Crippen LogP contribution in [0.4, 0.5) is 19.1 Å². The summed E-state index contributed by atoms with van der Waals surface area (Å²) in [4.78, 5) is 10.8. The number of imidazole rings is 1. The number of hydrogen-bond acceptors (Lipinski definition) is 4. The minimum absolute atomic E-state index is 0.113. The van der Waals surface area contributed by atoms with Crippen LogP contribution >= 0.6 is 0 Å². The van der Waals surface area contributed by atoms with E-state index in [9.17, 15) is 13.2 Å². The normalized spacial score (nSPS) is 18.7. The molecule has 1 fully saturated rings. The summed E-state index contributed by atoms with van der Waals surface area (Å²) >= 11 is 0. The maximum Gasteiger partial charge on any atom is 0.416 e. The van der Waals surface area contributed by atoms with Crippen LogP contribution in [0.5, 0.6) is 0 Å². The summed E-state index contributed by atoms with van der Waals surface area (Å²) in [7, 11) is 1.83. The van der Waals surface area contributed by atoms with Crippen LogP contribution in [0.15, 0.2) is 18.2 Å². The molecule has 22 heavy (non-hydrogen) atoms. The summed E-state index contributed by atoms with van der Waals surface area (Å²) in [6.07, 6.45) is -1.45. The molecule has 8 heteroatoms. The molecule has 1 N–H and O–H groups in total. The van der Waals surface area contributed by atoms with Crippen LogP contribution in [0, 0.1) is 11.5 Å². The predicted octanol–water partition coefficient (Wildman–Crippen LogP) is 2.57. The smallest absolute Gasteiger partial charge is 0.341 e. The van der Waals surface area contributed by atoms with Crippen LogP contribution in [0.1, 0.15) is 12.0 Å². The lowest BCUT2D eigenvalue weighted by Crippen LogP contribution is -2.34. The van der Waals surface area contributed by atoms with E-state index in [1.807, 2.05) is 11.9 Å². The highest BCUT2D eigenvalue weighted by Crippen LogP contribution is 2.31. The van der Waals surface area contributed by atoms with Gasteiger partial charge in [-0.1, -0.05) is 0 Å². The number of aromatic nitrogens is 2. The van der Waals surface area contributed by atoms with Gasteiger partial charge in [-0.25, -0.2) is 4.98 Å². The first kappa shape index (κ1) is 14.5. The quantitative estimate of drug-likeness (QED) is 0.866. The van der Waals surface area contributed by atoms with Crippen LogP contribution in [0.3, 0.4) is 0 Å². The summed E-state index contributed by atoms with van der Waals surface area (Å²) in [6, 6.07) is 3.57. The Morgan fingerprint density at radius 2 is 2.23 bits per heavy atom. The number of nitrogens with one attached hydrogen (secondary N) is 1. The monoisotopic (exact) mass is 309 g/mol. The van der Waals surface area contributed by atoms with Gasteiger partial charge in [0, 0.05) is 20.1 Å². The number of alkyl halides is 3. The molecule has 1 saturated heterocycles. The van der Waals surface area contributed by atoms with Gasteiger partial charge in [-0.05, 0) is 24.6 Å². The maximum absolute atomic E-state index is 12.7. The number of fused-ring (bicyclic) bond motifs is 1. The number of likely N-dealkylation sites (tertiary alicyclic amines) is 1. The molecule has 116 valence electrons. The molecule has 1 aliphatic rings. The lowest BCUT2D eigenvalue weighted by molar-refractivity contribution is -0.137. The number of H-pyrrole nitrogens is 1. The zero-order valence-electron chi connectivity index (χ0n) is 11.9. The molecule has 0 saturated carbocycles. The number of halogens is 3. The van der Waals surface area contributed by atoms with Gasteiger partial charge in [0.1, 0.15) is 0 Å². The van der Waals surface area contributed by atoms with Gasteiger partial charge in [-0.3, -0.25) is 0 Å². The molecule has 1 atom stereocenters. The Morgan fingerprint density at radius 3 is 2.86 bits per heavy atom. The Hall–Kier alpha value is -2.43. The average Bonchev–Trinajstić information content (AvgIpc) is 3.11. The molecule has 1 aliphatic heterocycles. The summed E-state index contributed by atoms with van der Waals surface area (Å²) < 4.78 is 38.2. The third-order valence-electron chi connectivity index (χ3n) is 3.98. The Bertz CT molecular complexity index is 730. The van der Waals surface area contributed by atoms with Crippen molar-refractivity contribution in [3.8, 4) is 6.19 Å². The zero-order valence-corrected chi connectivity index (χ0v) is 11.9. The Kier molecular flexibility index (Phi) is 3.35. The first-order valence-electron chi connectivity index (χ1n) is 6.83. The van der Waals surface area contributed by atoms with Crippen molar-refractivity contribution in [2.24, 2.45) is 0 Å². The van der Waals surface area contributed by atoms with E-state index in [1.165, 1.54) is 6.07 Å². The zero-order chi connectivity index (χ0) is 15.9. The molecule has 0 aliphatic carbocycles. The Balaban J connectivity index is 1.87. The van der Waals surface area contributed by atoms with Crippen molar-refractivity contribution in [2.45, 2.75) is 18.6 Å². The second kappa shape index (κ2) is 5.09. The van der Waals surface area contributed by atoms with Crippen molar-refractivity contribution < 1.29 is 13.2 Å². The molecule has 1 aromatic heterocycles. The number of nitriles is 1. The van der Waals surface area contributed by atoms with Crippen molar-refractivity contribution >= 4 is 17.0 Å². The van der Waals surface area contributed by atoms with Crippen molar-refractivity contribution in [2.75, 3.05) is 25.0 Å². The molecular formula is C14H14F3N5. The van der Waals surface area contributed by atoms with Gasteiger partial charge in [0.2, 0.25) is 5.95 Å². The highest BCUT2D eigenvalue weighted by Gasteiger charge is 2.31. The second-order valence-electron chi connectivity index (χ2n) is 5.39. The fraction of sp³-hybridized carbons (Fsp3) is 0.429. The number of nitrogens with zero attached hydrogens (tertiary/aromatic N) is 4. The molecule has 0 radical (unpaired) electrons. The van der Waals surface area contributed by atoms with Gasteiger partial charge in [-0.2, -0.15) is 18.4 Å². The van der Waals surface area contributed by atoms with Gasteiger partial charge in [0.05, 0.1) is 22.6 Å². The van der Waals surface area contributed by atoms with Crippen LogP contribution in [0.2, 0.25) is 0 Å². The first-order chi connectivity index (χ1) is 10.4. The van der Waals surface area contributed by atoms with Crippen molar-refractivity contribution in [1.82, 2.24) is 14.9 Å². The van der Waals surface area contributed by atoms with Crippen molar-refractivity contribution in [3.63, 3.8) is 0 Å². The molecule has 0 spiro atoms. The first-order valence-corrected chi connectivity index (χ1v) is 6.83. The molecule has 0 unspecified atom stereocenters.